The molecule has 0 aliphatic carbocycles. The summed E-state index contributed by atoms with van der Waals surface area (Å²) < 4.78 is 0. The first-order chi connectivity index (χ1) is 5.24. The van der Waals surface area contributed by atoms with Crippen LogP contribution in [0.4, 0.5) is 0 Å². The van der Waals surface area contributed by atoms with Crippen molar-refractivity contribution in [2.75, 3.05) is 6.26 Å². The van der Waals surface area contributed by atoms with Crippen molar-refractivity contribution in [1.29, 1.82) is 0 Å². The first kappa shape index (κ1) is 8.56. The van der Waals surface area contributed by atoms with Gasteiger partial charge in [0.25, 0.3) is 0 Å². The van der Waals surface area contributed by atoms with E-state index in [4.69, 9.17) is 11.6 Å². The van der Waals surface area contributed by atoms with Crippen molar-refractivity contribution in [3.63, 3.8) is 0 Å². The Morgan fingerprint density at radius 1 is 1.64 bits per heavy atom. The SMILES string of the molecule is CSC(=O)c1ccc(Cl)nc1. The minimum atomic E-state index is 0.00849. The molecule has 2 nitrogen and oxygen atoms in total. The van der Waals surface area contributed by atoms with Gasteiger partial charge in [-0.05, 0) is 18.4 Å². The van der Waals surface area contributed by atoms with Crippen LogP contribution in [0.15, 0.2) is 18.3 Å². The quantitative estimate of drug-likeness (QED) is 0.632. The van der Waals surface area contributed by atoms with Gasteiger partial charge in [0.15, 0.2) is 0 Å². The van der Waals surface area contributed by atoms with Gasteiger partial charge in [0, 0.05) is 11.8 Å². The van der Waals surface area contributed by atoms with Gasteiger partial charge in [-0.2, -0.15) is 0 Å². The third-order valence-electron chi connectivity index (χ3n) is 1.15. The molecule has 0 N–H and O–H groups in total. The van der Waals surface area contributed by atoms with Crippen LogP contribution in [0, 0.1) is 0 Å². The van der Waals surface area contributed by atoms with Gasteiger partial charge in [-0.3, -0.25) is 4.79 Å². The van der Waals surface area contributed by atoms with Crippen molar-refractivity contribution in [3.8, 4) is 0 Å². The molecular formula is C7H6ClNOS. The van der Waals surface area contributed by atoms with Crippen LogP contribution in [-0.4, -0.2) is 16.4 Å². The molecule has 0 unspecified atom stereocenters. The topological polar surface area (TPSA) is 30.0 Å². The Morgan fingerprint density at radius 2 is 2.36 bits per heavy atom. The predicted octanol–water partition coefficient (Wildman–Crippen LogP) is 2.24. The molecule has 0 bridgehead atoms. The summed E-state index contributed by atoms with van der Waals surface area (Å²) in [6.45, 7) is 0. The number of hydrogen-bond acceptors (Lipinski definition) is 3. The van der Waals surface area contributed by atoms with Crippen LogP contribution in [0.3, 0.4) is 0 Å². The van der Waals surface area contributed by atoms with Gasteiger partial charge in [0.2, 0.25) is 5.12 Å². The van der Waals surface area contributed by atoms with E-state index in [1.54, 1.807) is 18.4 Å². The highest BCUT2D eigenvalue weighted by Crippen LogP contribution is 2.10. The average molecular weight is 188 g/mol. The van der Waals surface area contributed by atoms with Gasteiger partial charge in [0.05, 0.1) is 0 Å². The summed E-state index contributed by atoms with van der Waals surface area (Å²) in [5.74, 6) is 0. The average Bonchev–Trinajstić information content (AvgIpc) is 2.05. The molecule has 0 amide bonds. The van der Waals surface area contributed by atoms with Crippen molar-refractivity contribution >= 4 is 28.5 Å². The van der Waals surface area contributed by atoms with E-state index in [-0.39, 0.29) is 5.12 Å². The zero-order valence-electron chi connectivity index (χ0n) is 5.87. The summed E-state index contributed by atoms with van der Waals surface area (Å²) in [6, 6.07) is 3.26. The number of halogens is 1. The lowest BCUT2D eigenvalue weighted by molar-refractivity contribution is 0.108. The minimum absolute atomic E-state index is 0.00849. The second kappa shape index (κ2) is 3.74. The third-order valence-corrected chi connectivity index (χ3v) is 1.98. The molecule has 0 aliphatic rings. The molecule has 1 rings (SSSR count). The number of hydrogen-bond donors (Lipinski definition) is 0. The molecule has 4 heteroatoms. The van der Waals surface area contributed by atoms with E-state index < -0.39 is 0 Å². The highest BCUT2D eigenvalue weighted by molar-refractivity contribution is 8.13. The Bertz CT molecular complexity index is 260. The lowest BCUT2D eigenvalue weighted by Crippen LogP contribution is -1.92. The smallest absolute Gasteiger partial charge is 0.220 e. The number of aromatic nitrogens is 1. The number of nitrogens with zero attached hydrogens (tertiary/aromatic N) is 1. The molecule has 11 heavy (non-hydrogen) atoms. The minimum Gasteiger partial charge on any atom is -0.282 e. The van der Waals surface area contributed by atoms with Crippen LogP contribution in [0.2, 0.25) is 5.15 Å². The van der Waals surface area contributed by atoms with Gasteiger partial charge in [-0.25, -0.2) is 4.98 Å². The molecule has 0 fully saturated rings. The molecule has 0 atom stereocenters. The molecule has 0 aromatic carbocycles. The van der Waals surface area contributed by atoms with E-state index in [2.05, 4.69) is 4.98 Å². The van der Waals surface area contributed by atoms with E-state index in [0.29, 0.717) is 10.7 Å². The normalized spacial score (nSPS) is 9.64. The van der Waals surface area contributed by atoms with Crippen LogP contribution in [0.5, 0.6) is 0 Å². The number of carbonyl (C=O) groups excluding carboxylic acids is 1. The maximum atomic E-state index is 11.0. The van der Waals surface area contributed by atoms with Crippen LogP contribution >= 0.6 is 23.4 Å². The van der Waals surface area contributed by atoms with Crippen LogP contribution in [0.25, 0.3) is 0 Å². The number of thioether (sulfide) groups is 1. The lowest BCUT2D eigenvalue weighted by atomic mass is 10.3. The van der Waals surface area contributed by atoms with Gasteiger partial charge in [0.1, 0.15) is 5.15 Å². The van der Waals surface area contributed by atoms with Crippen LogP contribution in [-0.2, 0) is 0 Å². The summed E-state index contributed by atoms with van der Waals surface area (Å²) in [5.41, 5.74) is 0.585. The van der Waals surface area contributed by atoms with Crippen molar-refractivity contribution < 1.29 is 4.79 Å². The Labute approximate surface area is 74.0 Å². The Balaban J connectivity index is 2.90. The second-order valence-electron chi connectivity index (χ2n) is 1.86. The van der Waals surface area contributed by atoms with E-state index in [1.807, 2.05) is 0 Å². The summed E-state index contributed by atoms with van der Waals surface area (Å²) in [4.78, 5) is 14.8. The molecule has 1 aromatic rings. The molecule has 0 saturated heterocycles. The van der Waals surface area contributed by atoms with E-state index in [1.165, 1.54) is 6.20 Å². The summed E-state index contributed by atoms with van der Waals surface area (Å²) in [5, 5.41) is 0.414. The lowest BCUT2D eigenvalue weighted by Gasteiger charge is -1.94. The fourth-order valence-electron chi connectivity index (χ4n) is 0.614. The first-order valence-corrected chi connectivity index (χ1v) is 4.54. The largest absolute Gasteiger partial charge is 0.282 e. The first-order valence-electron chi connectivity index (χ1n) is 2.94. The van der Waals surface area contributed by atoms with Crippen LogP contribution < -0.4 is 0 Å². The highest BCUT2D eigenvalue weighted by atomic mass is 35.5. The van der Waals surface area contributed by atoms with E-state index in [0.717, 1.165) is 11.8 Å². The maximum Gasteiger partial charge on any atom is 0.220 e. The monoisotopic (exact) mass is 187 g/mol. The highest BCUT2D eigenvalue weighted by Gasteiger charge is 2.02. The number of rotatable bonds is 1. The fourth-order valence-corrected chi connectivity index (χ4v) is 1.08. The summed E-state index contributed by atoms with van der Waals surface area (Å²) in [6.07, 6.45) is 3.21. The zero-order chi connectivity index (χ0) is 8.27. The number of pyridine rings is 1. The predicted molar refractivity (Wildman–Crippen MR) is 47.1 cm³/mol. The van der Waals surface area contributed by atoms with Gasteiger partial charge >= 0.3 is 0 Å². The Morgan fingerprint density at radius 3 is 2.82 bits per heavy atom. The van der Waals surface area contributed by atoms with Crippen molar-refractivity contribution in [1.82, 2.24) is 4.98 Å². The van der Waals surface area contributed by atoms with E-state index in [9.17, 15) is 4.79 Å². The fraction of sp³-hybridized carbons (Fsp3) is 0.143. The van der Waals surface area contributed by atoms with Crippen LogP contribution in [0.1, 0.15) is 10.4 Å². The third kappa shape index (κ3) is 2.20. The van der Waals surface area contributed by atoms with Gasteiger partial charge in [-0.15, -0.1) is 0 Å². The van der Waals surface area contributed by atoms with Gasteiger partial charge in [-0.1, -0.05) is 23.4 Å². The molecule has 58 valence electrons. The van der Waals surface area contributed by atoms with Crippen molar-refractivity contribution in [2.45, 2.75) is 0 Å². The maximum absolute atomic E-state index is 11.0. The molecule has 0 spiro atoms. The molecule has 1 aromatic heterocycles. The summed E-state index contributed by atoms with van der Waals surface area (Å²) >= 11 is 6.69. The Hall–Kier alpha value is -0.540. The molecule has 1 heterocycles. The molecule has 0 saturated carbocycles. The Kier molecular flexibility index (Phi) is 2.91. The zero-order valence-corrected chi connectivity index (χ0v) is 7.45. The van der Waals surface area contributed by atoms with E-state index >= 15 is 0 Å². The standard InChI is InChI=1S/C7H6ClNOS/c1-11-7(10)5-2-3-6(8)9-4-5/h2-4H,1H3. The molecule has 0 radical (unpaired) electrons. The van der Waals surface area contributed by atoms with Crippen molar-refractivity contribution in [2.24, 2.45) is 0 Å². The molecule has 0 aliphatic heterocycles. The second-order valence-corrected chi connectivity index (χ2v) is 3.03. The molecular weight excluding hydrogens is 182 g/mol. The van der Waals surface area contributed by atoms with Crippen molar-refractivity contribution in [3.05, 3.63) is 29.0 Å². The number of carbonyl (C=O) groups is 1. The summed E-state index contributed by atoms with van der Waals surface area (Å²) in [7, 11) is 0. The van der Waals surface area contributed by atoms with Gasteiger partial charge < -0.3 is 0 Å².